The van der Waals surface area contributed by atoms with Gasteiger partial charge in [-0.2, -0.15) is 0 Å². The molecule has 0 unspecified atom stereocenters. The number of unbranched alkanes of at least 4 members (excludes halogenated alkanes) is 5. The van der Waals surface area contributed by atoms with Gasteiger partial charge in [-0.25, -0.2) is 0 Å². The van der Waals surface area contributed by atoms with Gasteiger partial charge in [0.25, 0.3) is 0 Å². The number of hydrogen-bond acceptors (Lipinski definition) is 2. The smallest absolute Gasteiger partial charge is 0.0316 e. The van der Waals surface area contributed by atoms with Crippen molar-refractivity contribution in [1.29, 1.82) is 0 Å². The fraction of sp³-hybridized carbons (Fsp3) is 0.400. The van der Waals surface area contributed by atoms with E-state index in [1.165, 1.54) is 95.9 Å². The molecule has 0 aliphatic rings. The third kappa shape index (κ3) is 10.1. The molecule has 0 atom stereocenters. The van der Waals surface area contributed by atoms with Gasteiger partial charge in [0.15, 0.2) is 0 Å². The van der Waals surface area contributed by atoms with Gasteiger partial charge in [0, 0.05) is 11.4 Å². The van der Waals surface area contributed by atoms with E-state index in [0.29, 0.717) is 0 Å². The monoisotopic (exact) mass is 560 g/mol. The fourth-order valence-corrected chi connectivity index (χ4v) is 6.09. The Balaban J connectivity index is 1.09. The zero-order valence-corrected chi connectivity index (χ0v) is 26.1. The quantitative estimate of drug-likeness (QED) is 0.0997. The SMILES string of the molecule is CCCc1cc(N)ccc1Cc1ccc(CCCCCCCCc2ccc(Cc3ccc(N)cc3CCC)cc2)cc1. The Morgan fingerprint density at radius 2 is 0.738 bits per heavy atom. The van der Waals surface area contributed by atoms with Crippen LogP contribution in [0.4, 0.5) is 11.4 Å². The lowest BCUT2D eigenvalue weighted by Gasteiger charge is -2.11. The topological polar surface area (TPSA) is 52.0 Å². The molecular formula is C40H52N2. The van der Waals surface area contributed by atoms with Crippen LogP contribution in [0.5, 0.6) is 0 Å². The largest absolute Gasteiger partial charge is 0.399 e. The Morgan fingerprint density at radius 3 is 1.12 bits per heavy atom. The number of rotatable bonds is 17. The number of hydrogen-bond donors (Lipinski definition) is 2. The maximum absolute atomic E-state index is 6.02. The van der Waals surface area contributed by atoms with Gasteiger partial charge in [-0.3, -0.25) is 0 Å². The third-order valence-electron chi connectivity index (χ3n) is 8.52. The molecule has 0 aliphatic carbocycles. The van der Waals surface area contributed by atoms with Crippen LogP contribution < -0.4 is 11.5 Å². The van der Waals surface area contributed by atoms with Crippen molar-refractivity contribution in [3.05, 3.63) is 129 Å². The van der Waals surface area contributed by atoms with E-state index in [9.17, 15) is 0 Å². The molecule has 0 aliphatic heterocycles. The predicted molar refractivity (Wildman–Crippen MR) is 183 cm³/mol. The molecule has 0 amide bonds. The molecule has 2 nitrogen and oxygen atoms in total. The Labute approximate surface area is 255 Å². The van der Waals surface area contributed by atoms with Crippen molar-refractivity contribution in [3.63, 3.8) is 0 Å². The fourth-order valence-electron chi connectivity index (χ4n) is 6.09. The Kier molecular flexibility index (Phi) is 12.6. The molecule has 0 spiro atoms. The van der Waals surface area contributed by atoms with E-state index in [4.69, 9.17) is 11.5 Å². The van der Waals surface area contributed by atoms with Crippen LogP contribution in [0.1, 0.15) is 110 Å². The van der Waals surface area contributed by atoms with E-state index in [0.717, 1.165) is 49.9 Å². The molecule has 0 saturated carbocycles. The van der Waals surface area contributed by atoms with Crippen LogP contribution in [0.3, 0.4) is 0 Å². The molecule has 42 heavy (non-hydrogen) atoms. The first kappa shape index (κ1) is 31.4. The minimum absolute atomic E-state index is 0.870. The lowest BCUT2D eigenvalue weighted by molar-refractivity contribution is 0.594. The van der Waals surface area contributed by atoms with Crippen molar-refractivity contribution in [1.82, 2.24) is 0 Å². The summed E-state index contributed by atoms with van der Waals surface area (Å²) < 4.78 is 0. The van der Waals surface area contributed by atoms with Crippen molar-refractivity contribution < 1.29 is 0 Å². The Bertz CT molecular complexity index is 1240. The minimum Gasteiger partial charge on any atom is -0.399 e. The van der Waals surface area contributed by atoms with E-state index in [2.05, 4.69) is 86.6 Å². The molecule has 4 rings (SSSR count). The van der Waals surface area contributed by atoms with Crippen LogP contribution >= 0.6 is 0 Å². The van der Waals surface area contributed by atoms with Crippen LogP contribution in [0.2, 0.25) is 0 Å². The van der Waals surface area contributed by atoms with Crippen LogP contribution in [-0.4, -0.2) is 0 Å². The standard InChI is InChI=1S/C40H52N2/c1-3-11-35-29-39(41)25-23-37(35)27-33-19-15-31(16-20-33)13-9-7-5-6-8-10-14-32-17-21-34(22-18-32)28-38-24-26-40(42)30-36(38)12-4-2/h15-26,29-30H,3-14,27-28,41-42H2,1-2H3. The van der Waals surface area contributed by atoms with Gasteiger partial charge >= 0.3 is 0 Å². The van der Waals surface area contributed by atoms with E-state index in [1.54, 1.807) is 0 Å². The van der Waals surface area contributed by atoms with Gasteiger partial charge in [-0.1, -0.05) is 113 Å². The summed E-state index contributed by atoms with van der Waals surface area (Å²) in [5.74, 6) is 0. The zero-order chi connectivity index (χ0) is 29.6. The molecule has 0 radical (unpaired) electrons. The number of aryl methyl sites for hydroxylation is 4. The Hall–Kier alpha value is -3.52. The molecule has 0 bridgehead atoms. The normalized spacial score (nSPS) is 11.2. The maximum Gasteiger partial charge on any atom is 0.0316 e. The molecular weight excluding hydrogens is 508 g/mol. The molecule has 0 fully saturated rings. The molecule has 222 valence electrons. The second kappa shape index (κ2) is 16.8. The number of anilines is 2. The van der Waals surface area contributed by atoms with Gasteiger partial charge in [0.2, 0.25) is 0 Å². The first-order chi connectivity index (χ1) is 20.5. The van der Waals surface area contributed by atoms with Crippen molar-refractivity contribution >= 4 is 11.4 Å². The van der Waals surface area contributed by atoms with Gasteiger partial charge < -0.3 is 11.5 Å². The predicted octanol–water partition coefficient (Wildman–Crippen LogP) is 10.1. The van der Waals surface area contributed by atoms with Gasteiger partial charge in [0.1, 0.15) is 0 Å². The van der Waals surface area contributed by atoms with Crippen LogP contribution in [0.25, 0.3) is 0 Å². The van der Waals surface area contributed by atoms with Crippen molar-refractivity contribution in [2.24, 2.45) is 0 Å². The molecule has 0 saturated heterocycles. The molecule has 4 N–H and O–H groups in total. The molecule has 0 aromatic heterocycles. The highest BCUT2D eigenvalue weighted by molar-refractivity contribution is 5.47. The highest BCUT2D eigenvalue weighted by atomic mass is 14.5. The summed E-state index contributed by atoms with van der Waals surface area (Å²) in [6.45, 7) is 4.46. The van der Waals surface area contributed by atoms with Gasteiger partial charge in [-0.15, -0.1) is 0 Å². The summed E-state index contributed by atoms with van der Waals surface area (Å²) >= 11 is 0. The molecule has 0 heterocycles. The summed E-state index contributed by atoms with van der Waals surface area (Å²) in [7, 11) is 0. The highest BCUT2D eigenvalue weighted by Gasteiger charge is 2.06. The summed E-state index contributed by atoms with van der Waals surface area (Å²) in [4.78, 5) is 0. The Morgan fingerprint density at radius 1 is 0.381 bits per heavy atom. The van der Waals surface area contributed by atoms with E-state index in [1.807, 2.05) is 12.1 Å². The van der Waals surface area contributed by atoms with Crippen molar-refractivity contribution in [2.45, 2.75) is 104 Å². The lowest BCUT2D eigenvalue weighted by Crippen LogP contribution is -1.98. The minimum atomic E-state index is 0.870. The van der Waals surface area contributed by atoms with Crippen molar-refractivity contribution in [3.8, 4) is 0 Å². The summed E-state index contributed by atoms with van der Waals surface area (Å²) in [6, 6.07) is 31.4. The number of nitrogens with two attached hydrogens (primary N) is 2. The molecule has 2 heteroatoms. The zero-order valence-electron chi connectivity index (χ0n) is 26.1. The van der Waals surface area contributed by atoms with Crippen LogP contribution in [0.15, 0.2) is 84.9 Å². The van der Waals surface area contributed by atoms with Crippen LogP contribution in [-0.2, 0) is 38.5 Å². The third-order valence-corrected chi connectivity index (χ3v) is 8.52. The van der Waals surface area contributed by atoms with E-state index in [-0.39, 0.29) is 0 Å². The highest BCUT2D eigenvalue weighted by Crippen LogP contribution is 2.22. The van der Waals surface area contributed by atoms with E-state index >= 15 is 0 Å². The average molecular weight is 561 g/mol. The average Bonchev–Trinajstić information content (AvgIpc) is 2.99. The van der Waals surface area contributed by atoms with Crippen LogP contribution in [0, 0.1) is 0 Å². The lowest BCUT2D eigenvalue weighted by atomic mass is 9.95. The number of benzene rings is 4. The van der Waals surface area contributed by atoms with Crippen molar-refractivity contribution in [2.75, 3.05) is 11.5 Å². The second-order valence-corrected chi connectivity index (χ2v) is 12.2. The summed E-state index contributed by atoms with van der Waals surface area (Å²) in [6.07, 6.45) is 16.7. The number of nitrogen functional groups attached to an aromatic ring is 2. The summed E-state index contributed by atoms with van der Waals surface area (Å²) in [5.41, 5.74) is 25.1. The first-order valence-electron chi connectivity index (χ1n) is 16.4. The van der Waals surface area contributed by atoms with Gasteiger partial charge in [-0.05, 0) is 120 Å². The second-order valence-electron chi connectivity index (χ2n) is 12.2. The molecule has 4 aromatic rings. The van der Waals surface area contributed by atoms with Gasteiger partial charge in [0.05, 0.1) is 0 Å². The first-order valence-corrected chi connectivity index (χ1v) is 16.4. The van der Waals surface area contributed by atoms with E-state index < -0.39 is 0 Å². The molecule has 4 aromatic carbocycles. The summed E-state index contributed by atoms with van der Waals surface area (Å²) in [5, 5.41) is 0. The maximum atomic E-state index is 6.02.